The number of hydrogen-bond acceptors (Lipinski definition) is 4. The number of aromatic nitrogens is 2. The molecule has 1 amide bonds. The van der Waals surface area contributed by atoms with E-state index in [4.69, 9.17) is 4.42 Å². The summed E-state index contributed by atoms with van der Waals surface area (Å²) in [5.41, 5.74) is -0.830. The van der Waals surface area contributed by atoms with Crippen molar-refractivity contribution in [3.8, 4) is 0 Å². The van der Waals surface area contributed by atoms with Crippen molar-refractivity contribution in [2.24, 2.45) is 0 Å². The highest BCUT2D eigenvalue weighted by Gasteiger charge is 2.29. The van der Waals surface area contributed by atoms with Gasteiger partial charge in [-0.05, 0) is 26.8 Å². The molecule has 0 unspecified atom stereocenters. The molecule has 0 atom stereocenters. The Labute approximate surface area is 137 Å². The molecule has 8 heteroatoms. The summed E-state index contributed by atoms with van der Waals surface area (Å²) < 4.78 is 45.3. The fraction of sp³-hybridized carbons (Fsp3) is 0.438. The van der Waals surface area contributed by atoms with Crippen LogP contribution in [-0.4, -0.2) is 26.5 Å². The van der Waals surface area contributed by atoms with Crippen molar-refractivity contribution in [1.29, 1.82) is 0 Å². The molecule has 5 nitrogen and oxygen atoms in total. The number of halogens is 3. The van der Waals surface area contributed by atoms with Crippen molar-refractivity contribution in [1.82, 2.24) is 15.1 Å². The fourth-order valence-corrected chi connectivity index (χ4v) is 2.19. The smallest absolute Gasteiger partial charge is 0.235 e. The monoisotopic (exact) mass is 341 g/mol. The molecule has 0 saturated heterocycles. The van der Waals surface area contributed by atoms with Gasteiger partial charge in [0.1, 0.15) is 5.82 Å². The van der Waals surface area contributed by atoms with Crippen LogP contribution in [0, 0.1) is 24.4 Å². The van der Waals surface area contributed by atoms with Gasteiger partial charge in [0.25, 0.3) is 0 Å². The highest BCUT2D eigenvalue weighted by atomic mass is 19.2. The molecule has 24 heavy (non-hydrogen) atoms. The Bertz CT molecular complexity index is 754. The summed E-state index contributed by atoms with van der Waals surface area (Å²) in [5, 5.41) is 7.53. The van der Waals surface area contributed by atoms with E-state index < -0.39 is 35.3 Å². The SMILES string of the molecule is Cc1nnc(CN(C(=O)Cc2cc(F)c(F)cc2F)C(C)(C)C)o1. The Hall–Kier alpha value is -2.38. The number of amides is 1. The van der Waals surface area contributed by atoms with E-state index in [9.17, 15) is 18.0 Å². The molecular weight excluding hydrogens is 323 g/mol. The topological polar surface area (TPSA) is 59.2 Å². The molecule has 0 saturated carbocycles. The van der Waals surface area contributed by atoms with Gasteiger partial charge in [-0.3, -0.25) is 4.79 Å². The maximum atomic E-state index is 13.8. The maximum Gasteiger partial charge on any atom is 0.235 e. The molecule has 0 spiro atoms. The normalized spacial score (nSPS) is 11.6. The molecule has 2 rings (SSSR count). The number of hydrogen-bond donors (Lipinski definition) is 0. The van der Waals surface area contributed by atoms with Gasteiger partial charge >= 0.3 is 0 Å². The first-order valence-corrected chi connectivity index (χ1v) is 7.31. The van der Waals surface area contributed by atoms with Gasteiger partial charge in [-0.15, -0.1) is 10.2 Å². The molecule has 1 aromatic carbocycles. The number of carbonyl (C=O) groups is 1. The highest BCUT2D eigenvalue weighted by molar-refractivity contribution is 5.79. The maximum absolute atomic E-state index is 13.8. The van der Waals surface area contributed by atoms with Gasteiger partial charge in [0, 0.05) is 24.1 Å². The Kier molecular flexibility index (Phi) is 4.96. The van der Waals surface area contributed by atoms with Gasteiger partial charge in [0.15, 0.2) is 11.6 Å². The Balaban J connectivity index is 2.24. The second-order valence-corrected chi connectivity index (χ2v) is 6.40. The van der Waals surface area contributed by atoms with Gasteiger partial charge < -0.3 is 9.32 Å². The molecule has 0 aliphatic rings. The third kappa shape index (κ3) is 4.12. The summed E-state index contributed by atoms with van der Waals surface area (Å²) in [6.45, 7) is 7.02. The van der Waals surface area contributed by atoms with Crippen molar-refractivity contribution >= 4 is 5.91 Å². The number of aryl methyl sites for hydroxylation is 1. The van der Waals surface area contributed by atoms with Gasteiger partial charge in [0.05, 0.1) is 13.0 Å². The van der Waals surface area contributed by atoms with Crippen LogP contribution < -0.4 is 0 Å². The zero-order valence-corrected chi connectivity index (χ0v) is 13.9. The molecule has 0 N–H and O–H groups in total. The van der Waals surface area contributed by atoms with Crippen LogP contribution in [0.5, 0.6) is 0 Å². The summed E-state index contributed by atoms with van der Waals surface area (Å²) in [4.78, 5) is 14.0. The lowest BCUT2D eigenvalue weighted by Gasteiger charge is -2.34. The molecule has 0 radical (unpaired) electrons. The Morgan fingerprint density at radius 1 is 1.12 bits per heavy atom. The molecule has 0 fully saturated rings. The zero-order chi connectivity index (χ0) is 18.1. The minimum atomic E-state index is -1.29. The molecular formula is C16H18F3N3O2. The lowest BCUT2D eigenvalue weighted by Crippen LogP contribution is -2.46. The van der Waals surface area contributed by atoms with E-state index in [-0.39, 0.29) is 18.0 Å². The lowest BCUT2D eigenvalue weighted by molar-refractivity contribution is -0.136. The van der Waals surface area contributed by atoms with E-state index in [0.29, 0.717) is 18.0 Å². The molecule has 130 valence electrons. The van der Waals surface area contributed by atoms with E-state index in [1.165, 1.54) is 4.90 Å². The molecule has 0 aliphatic heterocycles. The van der Waals surface area contributed by atoms with Crippen LogP contribution >= 0.6 is 0 Å². The van der Waals surface area contributed by atoms with Crippen LogP contribution in [0.2, 0.25) is 0 Å². The van der Waals surface area contributed by atoms with Crippen molar-refractivity contribution in [3.05, 3.63) is 46.9 Å². The number of nitrogens with zero attached hydrogens (tertiary/aromatic N) is 3. The molecule has 1 heterocycles. The zero-order valence-electron chi connectivity index (χ0n) is 13.9. The van der Waals surface area contributed by atoms with Crippen molar-refractivity contribution in [2.75, 3.05) is 0 Å². The summed E-state index contributed by atoms with van der Waals surface area (Å²) in [6, 6.07) is 1.13. The largest absolute Gasteiger partial charge is 0.424 e. The second kappa shape index (κ2) is 6.62. The van der Waals surface area contributed by atoms with Crippen molar-refractivity contribution in [2.45, 2.75) is 46.2 Å². The Morgan fingerprint density at radius 2 is 1.75 bits per heavy atom. The van der Waals surface area contributed by atoms with Crippen LogP contribution in [0.1, 0.15) is 38.1 Å². The average Bonchev–Trinajstić information content (AvgIpc) is 2.86. The first-order valence-electron chi connectivity index (χ1n) is 7.31. The third-order valence-electron chi connectivity index (χ3n) is 3.40. The van der Waals surface area contributed by atoms with Gasteiger partial charge in [0.2, 0.25) is 17.7 Å². The standard InChI is InChI=1S/C16H18F3N3O2/c1-9-20-21-14(24-9)8-22(16(2,3)4)15(23)6-10-5-12(18)13(19)7-11(10)17/h5,7H,6,8H2,1-4H3. The number of rotatable bonds is 4. The lowest BCUT2D eigenvalue weighted by atomic mass is 10.0. The summed E-state index contributed by atoms with van der Waals surface area (Å²) in [7, 11) is 0. The van der Waals surface area contributed by atoms with E-state index in [0.717, 1.165) is 0 Å². The predicted octanol–water partition coefficient (Wildman–Crippen LogP) is 3.17. The van der Waals surface area contributed by atoms with Crippen LogP contribution in [0.4, 0.5) is 13.2 Å². The van der Waals surface area contributed by atoms with Gasteiger partial charge in [-0.2, -0.15) is 0 Å². The highest BCUT2D eigenvalue weighted by Crippen LogP contribution is 2.21. The van der Waals surface area contributed by atoms with Crippen molar-refractivity contribution < 1.29 is 22.4 Å². The second-order valence-electron chi connectivity index (χ2n) is 6.40. The van der Waals surface area contributed by atoms with E-state index in [2.05, 4.69) is 10.2 Å². The number of benzene rings is 1. The van der Waals surface area contributed by atoms with E-state index in [1.54, 1.807) is 27.7 Å². The molecule has 0 bridgehead atoms. The first kappa shape index (κ1) is 18.0. The van der Waals surface area contributed by atoms with E-state index in [1.807, 2.05) is 0 Å². The van der Waals surface area contributed by atoms with E-state index >= 15 is 0 Å². The molecule has 0 aliphatic carbocycles. The predicted molar refractivity (Wildman–Crippen MR) is 79.4 cm³/mol. The van der Waals surface area contributed by atoms with Crippen LogP contribution in [0.25, 0.3) is 0 Å². The van der Waals surface area contributed by atoms with Crippen LogP contribution in [-0.2, 0) is 17.8 Å². The van der Waals surface area contributed by atoms with Crippen LogP contribution in [0.15, 0.2) is 16.5 Å². The number of carbonyl (C=O) groups excluding carboxylic acids is 1. The minimum absolute atomic E-state index is 0.0362. The van der Waals surface area contributed by atoms with Crippen molar-refractivity contribution in [3.63, 3.8) is 0 Å². The summed E-state index contributed by atoms with van der Waals surface area (Å²) >= 11 is 0. The average molecular weight is 341 g/mol. The van der Waals surface area contributed by atoms with Gasteiger partial charge in [-0.25, -0.2) is 13.2 Å². The summed E-state index contributed by atoms with van der Waals surface area (Å²) in [5.74, 6) is -3.33. The van der Waals surface area contributed by atoms with Gasteiger partial charge in [-0.1, -0.05) is 0 Å². The minimum Gasteiger partial charge on any atom is -0.424 e. The first-order chi connectivity index (χ1) is 11.1. The fourth-order valence-electron chi connectivity index (χ4n) is 2.19. The summed E-state index contributed by atoms with van der Waals surface area (Å²) in [6.07, 6.45) is -0.409. The van der Waals surface area contributed by atoms with Crippen LogP contribution in [0.3, 0.4) is 0 Å². The quantitative estimate of drug-likeness (QED) is 0.802. The molecule has 1 aromatic heterocycles. The molecule has 2 aromatic rings. The Morgan fingerprint density at radius 3 is 2.29 bits per heavy atom. The third-order valence-corrected chi connectivity index (χ3v) is 3.40.